The molecule has 1 saturated carbocycles. The molecule has 0 atom stereocenters. The molecule has 4 heterocycles. The van der Waals surface area contributed by atoms with Gasteiger partial charge in [0.15, 0.2) is 0 Å². The van der Waals surface area contributed by atoms with Crippen LogP contribution in [0.25, 0.3) is 11.0 Å². The Kier molecular flexibility index (Phi) is 7.82. The molecule has 2 aromatic carbocycles. The molecule has 0 bridgehead atoms. The smallest absolute Gasteiger partial charge is 0.254 e. The summed E-state index contributed by atoms with van der Waals surface area (Å²) in [4.78, 5) is 36.5. The SMILES string of the molecule is O=C(c1ccc(CN2CCC3(CCN(C4CCCCC4)CC3)C2)cc1)N(Cc1ncc[nH]1)Cc1nc2ccccc2[nH]1. The van der Waals surface area contributed by atoms with Crippen LogP contribution in [0.15, 0.2) is 60.9 Å². The molecule has 7 rings (SSSR count). The maximum absolute atomic E-state index is 13.7. The minimum absolute atomic E-state index is 0.0248. The van der Waals surface area contributed by atoms with Crippen LogP contribution in [0.4, 0.5) is 0 Å². The normalized spacial score (nSPS) is 20.0. The van der Waals surface area contributed by atoms with Crippen molar-refractivity contribution >= 4 is 16.9 Å². The fourth-order valence-corrected chi connectivity index (χ4v) is 7.60. The van der Waals surface area contributed by atoms with E-state index in [-0.39, 0.29) is 5.91 Å². The molecule has 4 aromatic rings. The Hall–Kier alpha value is -3.49. The van der Waals surface area contributed by atoms with Gasteiger partial charge in [0.1, 0.15) is 11.6 Å². The van der Waals surface area contributed by atoms with Crippen LogP contribution in [0.5, 0.6) is 0 Å². The number of amides is 1. The van der Waals surface area contributed by atoms with Crippen LogP contribution in [0.3, 0.4) is 0 Å². The number of carbonyl (C=O) groups is 1. The summed E-state index contributed by atoms with van der Waals surface area (Å²) >= 11 is 0. The Morgan fingerprint density at radius 2 is 1.69 bits per heavy atom. The monoisotopic (exact) mass is 565 g/mol. The lowest BCUT2D eigenvalue weighted by atomic mass is 9.77. The second kappa shape index (κ2) is 12.0. The van der Waals surface area contributed by atoms with Crippen molar-refractivity contribution in [2.24, 2.45) is 5.41 Å². The minimum Gasteiger partial charge on any atom is -0.347 e. The minimum atomic E-state index is -0.0248. The lowest BCUT2D eigenvalue weighted by Crippen LogP contribution is -2.46. The molecule has 1 aliphatic carbocycles. The Morgan fingerprint density at radius 3 is 2.45 bits per heavy atom. The Morgan fingerprint density at radius 1 is 0.929 bits per heavy atom. The first-order valence-corrected chi connectivity index (χ1v) is 15.9. The van der Waals surface area contributed by atoms with Gasteiger partial charge >= 0.3 is 0 Å². The van der Waals surface area contributed by atoms with E-state index < -0.39 is 0 Å². The zero-order valence-corrected chi connectivity index (χ0v) is 24.6. The van der Waals surface area contributed by atoms with E-state index in [0.717, 1.165) is 35.3 Å². The molecule has 2 N–H and O–H groups in total. The van der Waals surface area contributed by atoms with Gasteiger partial charge in [-0.25, -0.2) is 9.97 Å². The topological polar surface area (TPSA) is 84.2 Å². The van der Waals surface area contributed by atoms with Gasteiger partial charge in [-0.1, -0.05) is 43.5 Å². The van der Waals surface area contributed by atoms with Gasteiger partial charge < -0.3 is 19.8 Å². The van der Waals surface area contributed by atoms with Crippen LogP contribution < -0.4 is 0 Å². The predicted octanol–water partition coefficient (Wildman–Crippen LogP) is 5.75. The number of fused-ring (bicyclic) bond motifs is 1. The average Bonchev–Trinajstić information content (AvgIpc) is 3.78. The number of hydrogen-bond acceptors (Lipinski definition) is 5. The van der Waals surface area contributed by atoms with Crippen LogP contribution >= 0.6 is 0 Å². The van der Waals surface area contributed by atoms with Crippen molar-refractivity contribution in [3.05, 3.63) is 83.7 Å². The number of para-hydroxylation sites is 2. The number of aromatic amines is 2. The molecule has 42 heavy (non-hydrogen) atoms. The molecule has 0 radical (unpaired) electrons. The predicted molar refractivity (Wildman–Crippen MR) is 165 cm³/mol. The van der Waals surface area contributed by atoms with E-state index >= 15 is 0 Å². The highest BCUT2D eigenvalue weighted by Gasteiger charge is 2.41. The first-order valence-electron chi connectivity index (χ1n) is 15.9. The maximum atomic E-state index is 13.7. The number of H-pyrrole nitrogens is 2. The number of piperidine rings is 1. The van der Waals surface area contributed by atoms with Crippen molar-refractivity contribution in [3.63, 3.8) is 0 Å². The van der Waals surface area contributed by atoms with Crippen LogP contribution in [0.2, 0.25) is 0 Å². The van der Waals surface area contributed by atoms with Crippen molar-refractivity contribution < 1.29 is 4.79 Å². The first-order chi connectivity index (χ1) is 20.6. The quantitative estimate of drug-likeness (QED) is 0.284. The zero-order valence-electron chi connectivity index (χ0n) is 24.6. The molecule has 8 nitrogen and oxygen atoms in total. The number of imidazole rings is 2. The zero-order chi connectivity index (χ0) is 28.4. The fraction of sp³-hybridized carbons (Fsp3) is 0.500. The van der Waals surface area contributed by atoms with Gasteiger partial charge in [-0.3, -0.25) is 9.69 Å². The molecule has 8 heteroatoms. The average molecular weight is 566 g/mol. The van der Waals surface area contributed by atoms with Gasteiger partial charge in [0.25, 0.3) is 5.91 Å². The molecule has 3 fully saturated rings. The molecule has 0 unspecified atom stereocenters. The highest BCUT2D eigenvalue weighted by atomic mass is 16.2. The largest absolute Gasteiger partial charge is 0.347 e. The van der Waals surface area contributed by atoms with Crippen LogP contribution in [-0.2, 0) is 19.6 Å². The summed E-state index contributed by atoms with van der Waals surface area (Å²) in [7, 11) is 0. The Bertz CT molecular complexity index is 1430. The van der Waals surface area contributed by atoms with E-state index in [1.165, 1.54) is 83.1 Å². The number of carbonyl (C=O) groups excluding carboxylic acids is 1. The summed E-state index contributed by atoms with van der Waals surface area (Å²) in [5.41, 5.74) is 4.35. The fourth-order valence-electron chi connectivity index (χ4n) is 7.60. The third-order valence-electron chi connectivity index (χ3n) is 10.0. The Labute approximate surface area is 248 Å². The number of rotatable bonds is 8. The summed E-state index contributed by atoms with van der Waals surface area (Å²) in [6, 6.07) is 17.0. The van der Waals surface area contributed by atoms with Crippen molar-refractivity contribution in [1.29, 1.82) is 0 Å². The van der Waals surface area contributed by atoms with E-state index in [1.807, 2.05) is 36.4 Å². The van der Waals surface area contributed by atoms with Crippen LogP contribution in [-0.4, -0.2) is 72.8 Å². The number of benzene rings is 2. The number of likely N-dealkylation sites (tertiary alicyclic amines) is 2. The summed E-state index contributed by atoms with van der Waals surface area (Å²) in [6.07, 6.45) is 14.6. The lowest BCUT2D eigenvalue weighted by molar-refractivity contribution is 0.0615. The molecular formula is C34H43N7O. The third-order valence-corrected chi connectivity index (χ3v) is 10.0. The Balaban J connectivity index is 0.974. The summed E-state index contributed by atoms with van der Waals surface area (Å²) in [6.45, 7) is 6.69. The van der Waals surface area contributed by atoms with E-state index in [2.05, 4.69) is 36.9 Å². The second-order valence-electron chi connectivity index (χ2n) is 12.9. The van der Waals surface area contributed by atoms with Crippen molar-refractivity contribution in [2.45, 2.75) is 77.0 Å². The molecule has 2 saturated heterocycles. The lowest BCUT2D eigenvalue weighted by Gasteiger charge is -2.43. The van der Waals surface area contributed by atoms with Gasteiger partial charge in [0.2, 0.25) is 0 Å². The number of aromatic nitrogens is 4. The number of nitrogens with one attached hydrogen (secondary N) is 2. The highest BCUT2D eigenvalue weighted by molar-refractivity contribution is 5.94. The van der Waals surface area contributed by atoms with Crippen molar-refractivity contribution in [1.82, 2.24) is 34.6 Å². The van der Waals surface area contributed by atoms with Gasteiger partial charge in [0, 0.05) is 37.1 Å². The van der Waals surface area contributed by atoms with Crippen LogP contribution in [0, 0.1) is 5.41 Å². The van der Waals surface area contributed by atoms with Gasteiger partial charge in [-0.2, -0.15) is 0 Å². The highest BCUT2D eigenvalue weighted by Crippen LogP contribution is 2.42. The second-order valence-corrected chi connectivity index (χ2v) is 12.9. The maximum Gasteiger partial charge on any atom is 0.254 e. The summed E-state index contributed by atoms with van der Waals surface area (Å²) < 4.78 is 0. The molecule has 3 aliphatic rings. The van der Waals surface area contributed by atoms with E-state index in [9.17, 15) is 4.79 Å². The van der Waals surface area contributed by atoms with Crippen LogP contribution in [0.1, 0.15) is 78.9 Å². The van der Waals surface area contributed by atoms with Crippen molar-refractivity contribution in [3.8, 4) is 0 Å². The van der Waals surface area contributed by atoms with Gasteiger partial charge in [-0.05, 0) is 87.0 Å². The van der Waals surface area contributed by atoms with E-state index in [4.69, 9.17) is 4.98 Å². The van der Waals surface area contributed by atoms with E-state index in [1.54, 1.807) is 17.3 Å². The molecular weight excluding hydrogens is 522 g/mol. The molecule has 1 amide bonds. The van der Waals surface area contributed by atoms with Gasteiger partial charge in [0.05, 0.1) is 24.1 Å². The first kappa shape index (κ1) is 27.3. The molecule has 220 valence electrons. The number of hydrogen-bond donors (Lipinski definition) is 2. The standard InChI is InChI=1S/C34H43N7O/c42-33(41(23-31-35-17-18-36-31)24-32-37-29-8-4-5-9-30(29)38-32)27-12-10-26(11-13-27)22-39-19-14-34(25-39)15-20-40(21-16-34)28-6-2-1-3-7-28/h4-5,8-13,17-18,28H,1-3,6-7,14-16,19-25H2,(H,35,36)(H,37,38). The van der Waals surface area contributed by atoms with E-state index in [0.29, 0.717) is 24.1 Å². The summed E-state index contributed by atoms with van der Waals surface area (Å²) in [5, 5.41) is 0. The van der Waals surface area contributed by atoms with Crippen molar-refractivity contribution in [2.75, 3.05) is 26.2 Å². The molecule has 2 aromatic heterocycles. The number of nitrogens with zero attached hydrogens (tertiary/aromatic N) is 5. The molecule has 2 aliphatic heterocycles. The third kappa shape index (κ3) is 6.01. The molecule has 1 spiro atoms. The summed E-state index contributed by atoms with van der Waals surface area (Å²) in [5.74, 6) is 1.49. The van der Waals surface area contributed by atoms with Gasteiger partial charge in [-0.15, -0.1) is 0 Å².